The van der Waals surface area contributed by atoms with Gasteiger partial charge in [0.15, 0.2) is 0 Å². The predicted molar refractivity (Wildman–Crippen MR) is 51.6 cm³/mol. The van der Waals surface area contributed by atoms with Gasteiger partial charge in [-0.05, 0) is 32.6 Å². The molecule has 1 saturated carbocycles. The molecule has 2 atom stereocenters. The van der Waals surface area contributed by atoms with Crippen molar-refractivity contribution in [2.45, 2.75) is 57.2 Å². The number of hydrogen-bond donors (Lipinski definition) is 1. The Kier molecular flexibility index (Phi) is 2.16. The number of rotatable bonds is 2. The van der Waals surface area contributed by atoms with Crippen LogP contribution >= 0.6 is 0 Å². The van der Waals surface area contributed by atoms with Gasteiger partial charge in [-0.1, -0.05) is 19.3 Å². The highest BCUT2D eigenvalue weighted by atomic mass is 16.6. The van der Waals surface area contributed by atoms with Crippen molar-refractivity contribution in [2.75, 3.05) is 6.61 Å². The molecular weight excluding hydrogens is 164 g/mol. The van der Waals surface area contributed by atoms with Gasteiger partial charge in [-0.15, -0.1) is 0 Å². The summed E-state index contributed by atoms with van der Waals surface area (Å²) < 4.78 is 5.73. The molecule has 76 valence electrons. The van der Waals surface area contributed by atoms with Crippen LogP contribution < -0.4 is 0 Å². The van der Waals surface area contributed by atoms with Crippen molar-refractivity contribution in [3.05, 3.63) is 0 Å². The molecule has 2 rings (SSSR count). The lowest BCUT2D eigenvalue weighted by atomic mass is 9.76. The van der Waals surface area contributed by atoms with Crippen LogP contribution in [0.4, 0.5) is 0 Å². The van der Waals surface area contributed by atoms with E-state index < -0.39 is 0 Å². The zero-order valence-electron chi connectivity index (χ0n) is 8.68. The first-order valence-corrected chi connectivity index (χ1v) is 5.43. The van der Waals surface area contributed by atoms with E-state index in [0.29, 0.717) is 5.92 Å². The molecule has 1 saturated heterocycles. The van der Waals surface area contributed by atoms with Gasteiger partial charge in [-0.25, -0.2) is 0 Å². The summed E-state index contributed by atoms with van der Waals surface area (Å²) in [4.78, 5) is 0. The van der Waals surface area contributed by atoms with E-state index in [4.69, 9.17) is 4.74 Å². The topological polar surface area (TPSA) is 32.8 Å². The number of hydrogen-bond acceptors (Lipinski definition) is 2. The molecule has 1 aliphatic carbocycles. The van der Waals surface area contributed by atoms with Crippen LogP contribution in [0.2, 0.25) is 0 Å². The Hall–Kier alpha value is -0.0800. The minimum absolute atomic E-state index is 0.0256. The summed E-state index contributed by atoms with van der Waals surface area (Å²) in [5, 5.41) is 9.21. The maximum atomic E-state index is 9.21. The van der Waals surface area contributed by atoms with Gasteiger partial charge >= 0.3 is 0 Å². The van der Waals surface area contributed by atoms with Crippen LogP contribution in [0.3, 0.4) is 0 Å². The van der Waals surface area contributed by atoms with Gasteiger partial charge in [0.05, 0.1) is 6.61 Å². The van der Waals surface area contributed by atoms with Crippen LogP contribution in [0, 0.1) is 5.92 Å². The molecule has 1 heterocycles. The van der Waals surface area contributed by atoms with Crippen LogP contribution in [-0.4, -0.2) is 22.9 Å². The fraction of sp³-hybridized carbons (Fsp3) is 1.00. The minimum Gasteiger partial charge on any atom is -0.393 e. The third kappa shape index (κ3) is 1.31. The third-order valence-corrected chi connectivity index (χ3v) is 4.13. The van der Waals surface area contributed by atoms with Crippen LogP contribution in [0.25, 0.3) is 0 Å². The predicted octanol–water partition coefficient (Wildman–Crippen LogP) is 2.11. The van der Waals surface area contributed by atoms with Crippen molar-refractivity contribution < 1.29 is 9.84 Å². The molecule has 1 aliphatic heterocycles. The van der Waals surface area contributed by atoms with Crippen LogP contribution in [0.5, 0.6) is 0 Å². The molecule has 2 heteroatoms. The first-order chi connectivity index (χ1) is 6.12. The Morgan fingerprint density at radius 1 is 1.23 bits per heavy atom. The molecule has 0 radical (unpaired) electrons. The highest BCUT2D eigenvalue weighted by Gasteiger charge is 2.66. The second kappa shape index (κ2) is 2.96. The largest absolute Gasteiger partial charge is 0.393 e. The quantitative estimate of drug-likeness (QED) is 0.667. The fourth-order valence-corrected chi connectivity index (χ4v) is 2.80. The molecule has 0 aromatic rings. The maximum absolute atomic E-state index is 9.21. The molecule has 1 N–H and O–H groups in total. The Bertz CT molecular complexity index is 198. The fourth-order valence-electron chi connectivity index (χ4n) is 2.80. The van der Waals surface area contributed by atoms with E-state index in [9.17, 15) is 5.11 Å². The zero-order valence-corrected chi connectivity index (χ0v) is 8.68. The highest BCUT2D eigenvalue weighted by molar-refractivity contribution is 5.13. The van der Waals surface area contributed by atoms with Crippen molar-refractivity contribution in [3.63, 3.8) is 0 Å². The molecule has 0 bridgehead atoms. The summed E-state index contributed by atoms with van der Waals surface area (Å²) in [6, 6.07) is 0. The summed E-state index contributed by atoms with van der Waals surface area (Å²) in [7, 11) is 0. The summed E-state index contributed by atoms with van der Waals surface area (Å²) in [5.74, 6) is 0.679. The Labute approximate surface area is 80.3 Å². The maximum Gasteiger partial charge on any atom is 0.118 e. The monoisotopic (exact) mass is 184 g/mol. The van der Waals surface area contributed by atoms with Gasteiger partial charge in [0.2, 0.25) is 0 Å². The Morgan fingerprint density at radius 3 is 2.31 bits per heavy atom. The number of aliphatic hydroxyl groups is 1. The van der Waals surface area contributed by atoms with Crippen molar-refractivity contribution in [2.24, 2.45) is 5.92 Å². The normalized spacial score (nSPS) is 46.4. The van der Waals surface area contributed by atoms with Gasteiger partial charge in [0.25, 0.3) is 0 Å². The third-order valence-electron chi connectivity index (χ3n) is 4.13. The van der Waals surface area contributed by atoms with Crippen LogP contribution in [0.15, 0.2) is 0 Å². The molecule has 0 amide bonds. The second-order valence-corrected chi connectivity index (χ2v) is 4.93. The van der Waals surface area contributed by atoms with E-state index in [2.05, 4.69) is 6.92 Å². The Morgan fingerprint density at radius 2 is 1.85 bits per heavy atom. The number of aliphatic hydroxyl groups excluding tert-OH is 1. The van der Waals surface area contributed by atoms with E-state index in [0.717, 1.165) is 0 Å². The molecule has 0 aromatic carbocycles. The molecule has 2 nitrogen and oxygen atoms in total. The molecule has 2 aliphatic rings. The van der Waals surface area contributed by atoms with E-state index >= 15 is 0 Å². The summed E-state index contributed by atoms with van der Waals surface area (Å²) in [5.41, 5.74) is -0.267. The van der Waals surface area contributed by atoms with Crippen LogP contribution in [-0.2, 0) is 4.74 Å². The van der Waals surface area contributed by atoms with E-state index in [-0.39, 0.29) is 17.8 Å². The van der Waals surface area contributed by atoms with Gasteiger partial charge in [0.1, 0.15) is 11.2 Å². The average Bonchev–Trinajstić information content (AvgIpc) is 2.74. The lowest BCUT2D eigenvalue weighted by Crippen LogP contribution is -2.32. The first kappa shape index (κ1) is 9.47. The number of epoxide rings is 1. The van der Waals surface area contributed by atoms with Gasteiger partial charge in [0, 0.05) is 0 Å². The minimum atomic E-state index is -0.241. The molecule has 2 fully saturated rings. The number of ether oxygens (including phenoxy) is 1. The Balaban J connectivity index is 2.01. The smallest absolute Gasteiger partial charge is 0.118 e. The standard InChI is InChI=1S/C11H20O2/c1-10(8-12)11(2,13-10)9-6-4-3-5-7-9/h9,12H,3-8H2,1-2H3/t10-,11-/m1/s1. The molecule has 0 spiro atoms. The molecule has 0 unspecified atom stereocenters. The van der Waals surface area contributed by atoms with Crippen molar-refractivity contribution in [3.8, 4) is 0 Å². The lowest BCUT2D eigenvalue weighted by Gasteiger charge is -2.27. The van der Waals surface area contributed by atoms with Crippen molar-refractivity contribution >= 4 is 0 Å². The van der Waals surface area contributed by atoms with E-state index in [1.165, 1.54) is 32.1 Å². The SMILES string of the molecule is C[C@]1(CO)O[C@]1(C)C1CCCCC1. The van der Waals surface area contributed by atoms with Gasteiger partial charge in [-0.2, -0.15) is 0 Å². The van der Waals surface area contributed by atoms with Crippen LogP contribution in [0.1, 0.15) is 46.0 Å². The molecule has 13 heavy (non-hydrogen) atoms. The summed E-state index contributed by atoms with van der Waals surface area (Å²) in [6.07, 6.45) is 6.62. The van der Waals surface area contributed by atoms with Crippen molar-refractivity contribution in [1.82, 2.24) is 0 Å². The van der Waals surface area contributed by atoms with Crippen molar-refractivity contribution in [1.29, 1.82) is 0 Å². The van der Waals surface area contributed by atoms with E-state index in [1.54, 1.807) is 0 Å². The summed E-state index contributed by atoms with van der Waals surface area (Å²) in [6.45, 7) is 4.36. The van der Waals surface area contributed by atoms with Gasteiger partial charge in [-0.3, -0.25) is 0 Å². The highest BCUT2D eigenvalue weighted by Crippen LogP contribution is 2.55. The zero-order chi connectivity index (χ0) is 9.53. The second-order valence-electron chi connectivity index (χ2n) is 4.93. The van der Waals surface area contributed by atoms with E-state index in [1.807, 2.05) is 6.92 Å². The molecular formula is C11H20O2. The first-order valence-electron chi connectivity index (χ1n) is 5.43. The summed E-state index contributed by atoms with van der Waals surface area (Å²) >= 11 is 0. The molecule has 0 aromatic heterocycles. The lowest BCUT2D eigenvalue weighted by molar-refractivity contribution is 0.170. The van der Waals surface area contributed by atoms with Gasteiger partial charge < -0.3 is 9.84 Å². The average molecular weight is 184 g/mol.